The van der Waals surface area contributed by atoms with Gasteiger partial charge in [-0.05, 0) is 0 Å². The Kier molecular flexibility index (Phi) is 5.84. The summed E-state index contributed by atoms with van der Waals surface area (Å²) in [6.45, 7) is 0. The third kappa shape index (κ3) is 3.78. The first-order chi connectivity index (χ1) is 12.3. The second-order valence-electron chi connectivity index (χ2n) is 5.12. The van der Waals surface area contributed by atoms with Crippen LogP contribution in [0.25, 0.3) is 0 Å². The Morgan fingerprint density at radius 3 is 2.04 bits per heavy atom. The molecule has 0 saturated heterocycles. The average molecular weight is 366 g/mol. The molecule has 0 spiro atoms. The third-order valence-corrected chi connectivity index (χ3v) is 3.39. The SMILES string of the molecule is O=C(C(=O)C(O)C(=O)c1ncc[nH]1)C(=O)C(O)C(O)C(O)c1ncc[nH]1. The highest BCUT2D eigenvalue weighted by Crippen LogP contribution is 2.16. The van der Waals surface area contributed by atoms with Crippen LogP contribution in [0.4, 0.5) is 0 Å². The van der Waals surface area contributed by atoms with E-state index in [1.807, 2.05) is 0 Å². The van der Waals surface area contributed by atoms with Crippen molar-refractivity contribution in [1.82, 2.24) is 19.9 Å². The Balaban J connectivity index is 2.06. The fraction of sp³-hybridized carbons (Fsp3) is 0.286. The van der Waals surface area contributed by atoms with Crippen LogP contribution in [0.2, 0.25) is 0 Å². The van der Waals surface area contributed by atoms with Crippen LogP contribution in [-0.4, -0.2) is 81.8 Å². The molecule has 0 aliphatic rings. The van der Waals surface area contributed by atoms with Gasteiger partial charge in [-0.25, -0.2) is 9.97 Å². The lowest BCUT2D eigenvalue weighted by Gasteiger charge is -2.20. The lowest BCUT2D eigenvalue weighted by molar-refractivity contribution is -0.154. The van der Waals surface area contributed by atoms with Crippen molar-refractivity contribution in [2.24, 2.45) is 0 Å². The van der Waals surface area contributed by atoms with Crippen LogP contribution in [0.5, 0.6) is 0 Å². The monoisotopic (exact) mass is 366 g/mol. The van der Waals surface area contributed by atoms with E-state index in [0.717, 1.165) is 6.20 Å². The molecule has 0 aliphatic carbocycles. The molecule has 4 unspecified atom stereocenters. The summed E-state index contributed by atoms with van der Waals surface area (Å²) in [5.74, 6) is -7.41. The standard InChI is InChI=1S/C14H14N4O8/c19-5(7(21)9(23)11(25)13-15-1-2-16-13)6(20)8(22)10(24)12(26)14-17-3-4-18-14/h1-4,7,9-11,21,23-25H,(H,15,16)(H,17,18). The minimum atomic E-state index is -2.52. The number of Topliss-reactive ketones (excluding diaryl/α,β-unsaturated/α-hetero) is 4. The highest BCUT2D eigenvalue weighted by Gasteiger charge is 2.41. The number of nitrogens with zero attached hydrogens (tertiary/aromatic N) is 2. The Morgan fingerprint density at radius 2 is 1.50 bits per heavy atom. The molecule has 12 nitrogen and oxygen atoms in total. The Hall–Kier alpha value is -3.06. The highest BCUT2D eigenvalue weighted by atomic mass is 16.4. The van der Waals surface area contributed by atoms with Crippen LogP contribution in [0, 0.1) is 0 Å². The second kappa shape index (κ2) is 7.88. The van der Waals surface area contributed by atoms with Crippen molar-refractivity contribution in [3.63, 3.8) is 0 Å². The van der Waals surface area contributed by atoms with Crippen molar-refractivity contribution >= 4 is 23.1 Å². The fourth-order valence-electron chi connectivity index (χ4n) is 1.96. The number of H-pyrrole nitrogens is 2. The van der Waals surface area contributed by atoms with E-state index in [1.165, 1.54) is 18.6 Å². The van der Waals surface area contributed by atoms with Gasteiger partial charge in [0, 0.05) is 24.8 Å². The molecule has 26 heavy (non-hydrogen) atoms. The van der Waals surface area contributed by atoms with Gasteiger partial charge >= 0.3 is 0 Å². The smallest absolute Gasteiger partial charge is 0.270 e. The number of carbonyl (C=O) groups excluding carboxylic acids is 4. The van der Waals surface area contributed by atoms with E-state index >= 15 is 0 Å². The van der Waals surface area contributed by atoms with Gasteiger partial charge in [0.1, 0.15) is 24.1 Å². The summed E-state index contributed by atoms with van der Waals surface area (Å²) < 4.78 is 0. The lowest BCUT2D eigenvalue weighted by atomic mass is 9.96. The van der Waals surface area contributed by atoms with Gasteiger partial charge in [0.25, 0.3) is 5.78 Å². The molecule has 2 rings (SSSR count). The Bertz CT molecular complexity index is 801. The van der Waals surface area contributed by atoms with Crippen LogP contribution in [0.15, 0.2) is 24.8 Å². The molecule has 2 heterocycles. The fourth-order valence-corrected chi connectivity index (χ4v) is 1.96. The predicted molar refractivity (Wildman–Crippen MR) is 79.5 cm³/mol. The molecule has 2 aromatic rings. The molecule has 6 N–H and O–H groups in total. The first kappa shape index (κ1) is 19.3. The molecule has 0 amide bonds. The van der Waals surface area contributed by atoms with Crippen molar-refractivity contribution in [3.8, 4) is 0 Å². The molecule has 0 fully saturated rings. The number of aromatic amines is 2. The summed E-state index contributed by atoms with van der Waals surface area (Å²) in [5, 5.41) is 38.9. The number of carbonyl (C=O) groups is 4. The maximum Gasteiger partial charge on any atom is 0.270 e. The first-order valence-corrected chi connectivity index (χ1v) is 7.13. The van der Waals surface area contributed by atoms with Gasteiger partial charge in [0.05, 0.1) is 0 Å². The van der Waals surface area contributed by atoms with Crippen molar-refractivity contribution in [1.29, 1.82) is 0 Å². The van der Waals surface area contributed by atoms with Crippen LogP contribution in [0.1, 0.15) is 22.5 Å². The van der Waals surface area contributed by atoms with Crippen molar-refractivity contribution in [2.45, 2.75) is 24.4 Å². The van der Waals surface area contributed by atoms with Crippen molar-refractivity contribution in [2.75, 3.05) is 0 Å². The molecule has 2 aromatic heterocycles. The summed E-state index contributed by atoms with van der Waals surface area (Å²) in [6, 6.07) is 0. The molecule has 0 bridgehead atoms. The number of aliphatic hydroxyl groups is 4. The molecule has 0 aromatic carbocycles. The van der Waals surface area contributed by atoms with Crippen LogP contribution >= 0.6 is 0 Å². The largest absolute Gasteiger partial charge is 0.387 e. The average Bonchev–Trinajstić information content (AvgIpc) is 3.36. The van der Waals surface area contributed by atoms with Crippen molar-refractivity contribution in [3.05, 3.63) is 36.4 Å². The number of nitrogens with one attached hydrogen (secondary N) is 2. The topological polar surface area (TPSA) is 207 Å². The summed E-state index contributed by atoms with van der Waals surface area (Å²) in [5.41, 5.74) is 0. The zero-order chi connectivity index (χ0) is 19.4. The first-order valence-electron chi connectivity index (χ1n) is 7.13. The Labute approximate surface area is 144 Å². The third-order valence-electron chi connectivity index (χ3n) is 3.39. The van der Waals surface area contributed by atoms with E-state index in [1.54, 1.807) is 0 Å². The number of hydrogen-bond acceptors (Lipinski definition) is 10. The van der Waals surface area contributed by atoms with Gasteiger partial charge in [0.2, 0.25) is 17.3 Å². The van der Waals surface area contributed by atoms with E-state index in [9.17, 15) is 39.6 Å². The van der Waals surface area contributed by atoms with Gasteiger partial charge in [0.15, 0.2) is 11.9 Å². The quantitative estimate of drug-likeness (QED) is 0.149. The number of rotatable bonds is 9. The molecule has 0 saturated carbocycles. The number of aromatic nitrogens is 4. The number of aliphatic hydroxyl groups excluding tert-OH is 4. The molecule has 0 radical (unpaired) electrons. The predicted octanol–water partition coefficient (Wildman–Crippen LogP) is -3.16. The molecule has 12 heteroatoms. The zero-order valence-corrected chi connectivity index (χ0v) is 12.9. The summed E-state index contributed by atoms with van der Waals surface area (Å²) in [7, 11) is 0. The summed E-state index contributed by atoms with van der Waals surface area (Å²) in [4.78, 5) is 59.0. The maximum atomic E-state index is 11.8. The van der Waals surface area contributed by atoms with Crippen molar-refractivity contribution < 1.29 is 39.6 Å². The minimum Gasteiger partial charge on any atom is -0.387 e. The van der Waals surface area contributed by atoms with Crippen LogP contribution in [0.3, 0.4) is 0 Å². The molecule has 4 atom stereocenters. The highest BCUT2D eigenvalue weighted by molar-refractivity contribution is 6.67. The maximum absolute atomic E-state index is 11.8. The molecule has 138 valence electrons. The van der Waals surface area contributed by atoms with E-state index in [2.05, 4.69) is 19.9 Å². The second-order valence-corrected chi connectivity index (χ2v) is 5.12. The number of ketones is 4. The van der Waals surface area contributed by atoms with E-state index < -0.39 is 53.4 Å². The molecular weight excluding hydrogens is 352 g/mol. The van der Waals surface area contributed by atoms with Gasteiger partial charge in [-0.2, -0.15) is 0 Å². The van der Waals surface area contributed by atoms with E-state index in [-0.39, 0.29) is 5.82 Å². The van der Waals surface area contributed by atoms with Gasteiger partial charge in [-0.3, -0.25) is 19.2 Å². The normalized spacial score (nSPS) is 15.7. The zero-order valence-electron chi connectivity index (χ0n) is 12.9. The Morgan fingerprint density at radius 1 is 0.885 bits per heavy atom. The summed E-state index contributed by atoms with van der Waals surface area (Å²) >= 11 is 0. The lowest BCUT2D eigenvalue weighted by Crippen LogP contribution is -2.47. The molecular formula is C14H14N4O8. The molecule has 0 aliphatic heterocycles. The van der Waals surface area contributed by atoms with Gasteiger partial charge < -0.3 is 30.4 Å². The summed E-state index contributed by atoms with van der Waals surface area (Å²) in [6.07, 6.45) is -4.14. The van der Waals surface area contributed by atoms with Crippen LogP contribution < -0.4 is 0 Å². The number of imidazole rings is 2. The van der Waals surface area contributed by atoms with Gasteiger partial charge in [-0.1, -0.05) is 0 Å². The van der Waals surface area contributed by atoms with E-state index in [0.29, 0.717) is 0 Å². The minimum absolute atomic E-state index is 0.198. The van der Waals surface area contributed by atoms with Gasteiger partial charge in [-0.15, -0.1) is 0 Å². The number of hydrogen-bond donors (Lipinski definition) is 6. The van der Waals surface area contributed by atoms with E-state index in [4.69, 9.17) is 0 Å². The van der Waals surface area contributed by atoms with Crippen LogP contribution in [-0.2, 0) is 14.4 Å².